The van der Waals surface area contributed by atoms with Crippen LogP contribution in [-0.4, -0.2) is 61.4 Å². The maximum atomic E-state index is 12.3. The summed E-state index contributed by atoms with van der Waals surface area (Å²) in [5.41, 5.74) is 0.634. The van der Waals surface area contributed by atoms with Crippen molar-refractivity contribution in [1.29, 1.82) is 0 Å². The first-order valence-corrected chi connectivity index (χ1v) is 7.47. The van der Waals surface area contributed by atoms with Gasteiger partial charge in [0.2, 0.25) is 5.91 Å². The molecule has 1 heterocycles. The molecule has 1 aliphatic rings. The van der Waals surface area contributed by atoms with E-state index in [1.165, 1.54) is 0 Å². The van der Waals surface area contributed by atoms with E-state index < -0.39 is 0 Å². The van der Waals surface area contributed by atoms with Gasteiger partial charge in [-0.05, 0) is 31.3 Å². The first kappa shape index (κ1) is 15.8. The molecule has 0 saturated carbocycles. The SMILES string of the molecule is CNCCC(=O)N1CCN(C(=O)c2ccc(Cl)cc2)CC1. The molecule has 0 unspecified atom stereocenters. The van der Waals surface area contributed by atoms with Gasteiger partial charge in [0.1, 0.15) is 0 Å². The van der Waals surface area contributed by atoms with Crippen LogP contribution in [0.25, 0.3) is 0 Å². The van der Waals surface area contributed by atoms with Crippen molar-refractivity contribution in [2.45, 2.75) is 6.42 Å². The van der Waals surface area contributed by atoms with E-state index in [2.05, 4.69) is 5.32 Å². The van der Waals surface area contributed by atoms with Crippen molar-refractivity contribution in [1.82, 2.24) is 15.1 Å². The van der Waals surface area contributed by atoms with Crippen molar-refractivity contribution in [3.63, 3.8) is 0 Å². The standard InChI is InChI=1S/C15H20ClN3O2/c1-17-7-6-14(20)18-8-10-19(11-9-18)15(21)12-2-4-13(16)5-3-12/h2-5,17H,6-11H2,1H3. The van der Waals surface area contributed by atoms with Crippen LogP contribution in [0.15, 0.2) is 24.3 Å². The topological polar surface area (TPSA) is 52.7 Å². The minimum Gasteiger partial charge on any atom is -0.339 e. The molecule has 0 aliphatic carbocycles. The van der Waals surface area contributed by atoms with E-state index in [1.54, 1.807) is 29.2 Å². The summed E-state index contributed by atoms with van der Waals surface area (Å²) in [7, 11) is 1.83. The summed E-state index contributed by atoms with van der Waals surface area (Å²) in [6.07, 6.45) is 0.502. The fraction of sp³-hybridized carbons (Fsp3) is 0.467. The lowest BCUT2D eigenvalue weighted by Gasteiger charge is -2.35. The Hall–Kier alpha value is -1.59. The average Bonchev–Trinajstić information content (AvgIpc) is 2.53. The largest absolute Gasteiger partial charge is 0.339 e. The summed E-state index contributed by atoms with van der Waals surface area (Å²) in [5.74, 6) is 0.136. The molecule has 5 nitrogen and oxygen atoms in total. The van der Waals surface area contributed by atoms with Crippen LogP contribution in [0.3, 0.4) is 0 Å². The molecular formula is C15H20ClN3O2. The van der Waals surface area contributed by atoms with E-state index in [-0.39, 0.29) is 11.8 Å². The minimum atomic E-state index is -0.00556. The van der Waals surface area contributed by atoms with Crippen molar-refractivity contribution < 1.29 is 9.59 Å². The fourth-order valence-electron chi connectivity index (χ4n) is 2.32. The van der Waals surface area contributed by atoms with Gasteiger partial charge in [-0.25, -0.2) is 0 Å². The molecule has 2 amide bonds. The van der Waals surface area contributed by atoms with Gasteiger partial charge in [0.25, 0.3) is 5.91 Å². The van der Waals surface area contributed by atoms with Crippen LogP contribution in [0.2, 0.25) is 5.02 Å². The average molecular weight is 310 g/mol. The van der Waals surface area contributed by atoms with Gasteiger partial charge in [0.05, 0.1) is 0 Å². The molecule has 0 bridgehead atoms. The van der Waals surface area contributed by atoms with Gasteiger partial charge in [-0.2, -0.15) is 0 Å². The second kappa shape index (κ2) is 7.43. The van der Waals surface area contributed by atoms with Crippen LogP contribution in [0.4, 0.5) is 0 Å². The highest BCUT2D eigenvalue weighted by molar-refractivity contribution is 6.30. The maximum Gasteiger partial charge on any atom is 0.253 e. The Bertz CT molecular complexity index is 496. The number of piperazine rings is 1. The van der Waals surface area contributed by atoms with Crippen LogP contribution in [0.1, 0.15) is 16.8 Å². The second-order valence-corrected chi connectivity index (χ2v) is 5.47. The Labute approximate surface area is 129 Å². The third-order valence-electron chi connectivity index (χ3n) is 3.60. The molecule has 1 aliphatic heterocycles. The molecule has 21 heavy (non-hydrogen) atoms. The Morgan fingerprint density at radius 3 is 2.24 bits per heavy atom. The van der Waals surface area contributed by atoms with Crippen LogP contribution >= 0.6 is 11.6 Å². The van der Waals surface area contributed by atoms with E-state index in [0.717, 1.165) is 0 Å². The highest BCUT2D eigenvalue weighted by atomic mass is 35.5. The monoisotopic (exact) mass is 309 g/mol. The lowest BCUT2D eigenvalue weighted by molar-refractivity contribution is -0.132. The molecule has 1 fully saturated rings. The lowest BCUT2D eigenvalue weighted by atomic mass is 10.2. The first-order valence-electron chi connectivity index (χ1n) is 7.09. The van der Waals surface area contributed by atoms with Crippen molar-refractivity contribution in [3.8, 4) is 0 Å². The number of halogens is 1. The van der Waals surface area contributed by atoms with Crippen LogP contribution < -0.4 is 5.32 Å². The number of nitrogens with one attached hydrogen (secondary N) is 1. The number of amides is 2. The molecule has 1 aromatic carbocycles. The van der Waals surface area contributed by atoms with Crippen molar-refractivity contribution >= 4 is 23.4 Å². The van der Waals surface area contributed by atoms with Gasteiger partial charge in [-0.3, -0.25) is 9.59 Å². The number of nitrogens with zero attached hydrogens (tertiary/aromatic N) is 2. The van der Waals surface area contributed by atoms with Crippen molar-refractivity contribution in [2.24, 2.45) is 0 Å². The molecule has 0 atom stereocenters. The fourth-order valence-corrected chi connectivity index (χ4v) is 2.45. The predicted octanol–water partition coefficient (Wildman–Crippen LogP) is 1.23. The third kappa shape index (κ3) is 4.19. The number of carbonyl (C=O) groups is 2. The van der Waals surface area contributed by atoms with Crippen LogP contribution in [0.5, 0.6) is 0 Å². The zero-order valence-electron chi connectivity index (χ0n) is 12.1. The highest BCUT2D eigenvalue weighted by Crippen LogP contribution is 2.13. The quantitative estimate of drug-likeness (QED) is 0.910. The number of benzene rings is 1. The van der Waals surface area contributed by atoms with E-state index in [9.17, 15) is 9.59 Å². The highest BCUT2D eigenvalue weighted by Gasteiger charge is 2.24. The van der Waals surface area contributed by atoms with Gasteiger partial charge in [-0.1, -0.05) is 11.6 Å². The summed E-state index contributed by atoms with van der Waals surface area (Å²) < 4.78 is 0. The number of hydrogen-bond donors (Lipinski definition) is 1. The predicted molar refractivity (Wildman–Crippen MR) is 82.5 cm³/mol. The summed E-state index contributed by atoms with van der Waals surface area (Å²) in [4.78, 5) is 27.8. The van der Waals surface area contributed by atoms with Gasteiger partial charge >= 0.3 is 0 Å². The summed E-state index contributed by atoms with van der Waals surface area (Å²) in [5, 5.41) is 3.59. The number of carbonyl (C=O) groups excluding carboxylic acids is 2. The molecule has 2 rings (SSSR count). The number of rotatable bonds is 4. The van der Waals surface area contributed by atoms with Gasteiger partial charge < -0.3 is 15.1 Å². The van der Waals surface area contributed by atoms with E-state index in [1.807, 2.05) is 11.9 Å². The molecule has 1 aromatic rings. The van der Waals surface area contributed by atoms with Crippen LogP contribution in [0, 0.1) is 0 Å². The molecule has 1 saturated heterocycles. The Kier molecular flexibility index (Phi) is 5.59. The van der Waals surface area contributed by atoms with Crippen LogP contribution in [-0.2, 0) is 4.79 Å². The molecule has 0 radical (unpaired) electrons. The van der Waals surface area contributed by atoms with Gasteiger partial charge in [0.15, 0.2) is 0 Å². The molecular weight excluding hydrogens is 290 g/mol. The maximum absolute atomic E-state index is 12.3. The summed E-state index contributed by atoms with van der Waals surface area (Å²) in [6, 6.07) is 6.89. The zero-order chi connectivity index (χ0) is 15.2. The lowest BCUT2D eigenvalue weighted by Crippen LogP contribution is -2.50. The smallest absolute Gasteiger partial charge is 0.253 e. The molecule has 6 heteroatoms. The third-order valence-corrected chi connectivity index (χ3v) is 3.85. The molecule has 0 aromatic heterocycles. The van der Waals surface area contributed by atoms with Gasteiger partial charge in [-0.15, -0.1) is 0 Å². The second-order valence-electron chi connectivity index (χ2n) is 5.03. The zero-order valence-corrected chi connectivity index (χ0v) is 12.9. The Morgan fingerprint density at radius 2 is 1.67 bits per heavy atom. The summed E-state index contributed by atoms with van der Waals surface area (Å²) in [6.45, 7) is 3.03. The number of hydrogen-bond acceptors (Lipinski definition) is 3. The van der Waals surface area contributed by atoms with E-state index >= 15 is 0 Å². The van der Waals surface area contributed by atoms with Gasteiger partial charge in [0, 0.05) is 49.7 Å². The molecule has 0 spiro atoms. The molecule has 1 N–H and O–H groups in total. The molecule has 114 valence electrons. The Balaban J connectivity index is 1.87. The normalized spacial score (nSPS) is 15.1. The first-order chi connectivity index (χ1) is 10.1. The van der Waals surface area contributed by atoms with E-state index in [4.69, 9.17) is 11.6 Å². The van der Waals surface area contributed by atoms with Crippen molar-refractivity contribution in [3.05, 3.63) is 34.9 Å². The van der Waals surface area contributed by atoms with E-state index in [0.29, 0.717) is 49.7 Å². The summed E-state index contributed by atoms with van der Waals surface area (Å²) >= 11 is 5.82. The van der Waals surface area contributed by atoms with Crippen molar-refractivity contribution in [2.75, 3.05) is 39.8 Å². The Morgan fingerprint density at radius 1 is 1.10 bits per heavy atom. The minimum absolute atomic E-state index is 0.00556.